The van der Waals surface area contributed by atoms with Crippen molar-refractivity contribution in [2.24, 2.45) is 5.41 Å². The van der Waals surface area contributed by atoms with Gasteiger partial charge in [0, 0.05) is 11.1 Å². The summed E-state index contributed by atoms with van der Waals surface area (Å²) in [5, 5.41) is 13.4. The molecule has 0 unspecified atom stereocenters. The van der Waals surface area contributed by atoms with Gasteiger partial charge in [0.05, 0.1) is 13.5 Å². The summed E-state index contributed by atoms with van der Waals surface area (Å²) in [5.74, 6) is 0.423. The molecule has 0 amide bonds. The van der Waals surface area contributed by atoms with Gasteiger partial charge in [-0.15, -0.1) is 0 Å². The molecule has 3 rings (SSSR count). The molecule has 0 atom stereocenters. The number of methoxy groups -OCH3 is 1. The van der Waals surface area contributed by atoms with Crippen molar-refractivity contribution < 1.29 is 14.5 Å². The Morgan fingerprint density at radius 2 is 2.43 bits per heavy atom. The molecule has 7 nitrogen and oxygen atoms in total. The molecule has 9 heteroatoms. The van der Waals surface area contributed by atoms with Crippen molar-refractivity contribution in [3.8, 4) is 0 Å². The zero-order valence-electron chi connectivity index (χ0n) is 11.3. The molecule has 112 valence electrons. The summed E-state index contributed by atoms with van der Waals surface area (Å²) in [6, 6.07) is 0. The minimum absolute atomic E-state index is 0.00474. The Balaban J connectivity index is 1.76. The number of thiazole rings is 1. The minimum atomic E-state index is -0.408. The zero-order chi connectivity index (χ0) is 15.0. The fourth-order valence-electron chi connectivity index (χ4n) is 2.17. The molecule has 0 bridgehead atoms. The Hall–Kier alpha value is -1.61. The van der Waals surface area contributed by atoms with E-state index in [-0.39, 0.29) is 17.2 Å². The third kappa shape index (κ3) is 2.75. The van der Waals surface area contributed by atoms with Crippen LogP contribution in [-0.2, 0) is 9.53 Å². The van der Waals surface area contributed by atoms with Crippen molar-refractivity contribution in [3.05, 3.63) is 21.7 Å². The van der Waals surface area contributed by atoms with Crippen LogP contribution in [0.5, 0.6) is 0 Å². The largest absolute Gasteiger partial charge is 0.469 e. The van der Waals surface area contributed by atoms with Gasteiger partial charge in [0.15, 0.2) is 5.03 Å². The van der Waals surface area contributed by atoms with Crippen LogP contribution >= 0.6 is 23.1 Å². The van der Waals surface area contributed by atoms with Gasteiger partial charge in [0.1, 0.15) is 6.20 Å². The van der Waals surface area contributed by atoms with Crippen molar-refractivity contribution >= 4 is 39.8 Å². The van der Waals surface area contributed by atoms with Gasteiger partial charge in [-0.3, -0.25) is 4.79 Å². The lowest BCUT2D eigenvalue weighted by molar-refractivity contribution is -0.393. The molecule has 2 heterocycles. The number of nitro groups is 1. The normalized spacial score (nSPS) is 16.0. The Morgan fingerprint density at radius 3 is 3.05 bits per heavy atom. The van der Waals surface area contributed by atoms with E-state index in [2.05, 4.69) is 4.98 Å². The molecule has 2 aromatic rings. The maximum atomic E-state index is 11.4. The maximum absolute atomic E-state index is 11.4. The number of hydrogen-bond donors (Lipinski definition) is 0. The second-order valence-electron chi connectivity index (χ2n) is 5.09. The van der Waals surface area contributed by atoms with Gasteiger partial charge in [0.2, 0.25) is 0 Å². The van der Waals surface area contributed by atoms with Gasteiger partial charge < -0.3 is 14.9 Å². The highest BCUT2D eigenvalue weighted by Gasteiger charge is 2.45. The summed E-state index contributed by atoms with van der Waals surface area (Å²) in [7, 11) is 1.37. The number of carbonyl (C=O) groups excluding carboxylic acids is 1. The fourth-order valence-corrected chi connectivity index (χ4v) is 4.22. The summed E-state index contributed by atoms with van der Waals surface area (Å²) in [6.45, 7) is 0. The van der Waals surface area contributed by atoms with Crippen LogP contribution in [0.15, 0.2) is 16.6 Å². The average Bonchev–Trinajstić information content (AvgIpc) is 2.90. The predicted molar refractivity (Wildman–Crippen MR) is 78.7 cm³/mol. The number of carbonyl (C=O) groups is 1. The summed E-state index contributed by atoms with van der Waals surface area (Å²) in [4.78, 5) is 27.1. The molecule has 0 saturated heterocycles. The molecule has 0 spiro atoms. The summed E-state index contributed by atoms with van der Waals surface area (Å²) in [5.41, 5.74) is -0.0807. The van der Waals surface area contributed by atoms with Crippen LogP contribution in [0.4, 0.5) is 5.82 Å². The molecular formula is C12H13N3O4S2. The van der Waals surface area contributed by atoms with Crippen molar-refractivity contribution in [2.75, 3.05) is 12.9 Å². The van der Waals surface area contributed by atoms with Crippen molar-refractivity contribution in [1.29, 1.82) is 0 Å². The highest BCUT2D eigenvalue weighted by Crippen LogP contribution is 2.52. The number of hydrogen-bond acceptors (Lipinski definition) is 7. The van der Waals surface area contributed by atoms with Gasteiger partial charge >= 0.3 is 11.8 Å². The molecule has 0 aliphatic heterocycles. The fraction of sp³-hybridized carbons (Fsp3) is 0.500. The molecule has 1 aliphatic rings. The Labute approximate surface area is 128 Å². The van der Waals surface area contributed by atoms with Crippen LogP contribution in [0, 0.1) is 15.5 Å². The van der Waals surface area contributed by atoms with Crippen molar-refractivity contribution in [1.82, 2.24) is 9.38 Å². The summed E-state index contributed by atoms with van der Waals surface area (Å²) >= 11 is 2.72. The van der Waals surface area contributed by atoms with E-state index in [1.807, 2.05) is 0 Å². The quantitative estimate of drug-likeness (QED) is 0.351. The lowest BCUT2D eigenvalue weighted by Crippen LogP contribution is -2.13. The van der Waals surface area contributed by atoms with Crippen molar-refractivity contribution in [3.63, 3.8) is 0 Å². The first-order valence-corrected chi connectivity index (χ1v) is 8.21. The van der Waals surface area contributed by atoms with E-state index in [0.29, 0.717) is 22.2 Å². The molecule has 1 aliphatic carbocycles. The zero-order valence-corrected chi connectivity index (χ0v) is 12.9. The van der Waals surface area contributed by atoms with Crippen LogP contribution < -0.4 is 0 Å². The average molecular weight is 327 g/mol. The van der Waals surface area contributed by atoms with Crippen molar-refractivity contribution in [2.45, 2.75) is 24.3 Å². The standard InChI is InChI=1S/C12H13N3O4S2/c1-19-8(16)6-12(2-3-12)7-21-9-10(15(17)18)14-4-5-20-11(14)13-9/h4-5H,2-3,6-7H2,1H3. The lowest BCUT2D eigenvalue weighted by atomic mass is 10.1. The van der Waals surface area contributed by atoms with Crippen LogP contribution in [0.3, 0.4) is 0 Å². The van der Waals surface area contributed by atoms with E-state index >= 15 is 0 Å². The van der Waals surface area contributed by atoms with Gasteiger partial charge in [-0.1, -0.05) is 23.1 Å². The molecular weight excluding hydrogens is 314 g/mol. The van der Waals surface area contributed by atoms with Gasteiger partial charge in [-0.2, -0.15) is 9.38 Å². The first kappa shape index (κ1) is 14.3. The molecule has 21 heavy (non-hydrogen) atoms. The molecule has 1 saturated carbocycles. The second kappa shape index (κ2) is 5.30. The predicted octanol–water partition coefficient (Wildman–Crippen LogP) is 2.74. The molecule has 0 aromatic carbocycles. The van der Waals surface area contributed by atoms with E-state index < -0.39 is 4.92 Å². The summed E-state index contributed by atoms with van der Waals surface area (Å²) in [6.07, 6.45) is 3.92. The number of ether oxygens (including phenoxy) is 1. The first-order chi connectivity index (χ1) is 10.0. The summed E-state index contributed by atoms with van der Waals surface area (Å²) < 4.78 is 6.19. The van der Waals surface area contributed by atoms with Crippen LogP contribution in [-0.4, -0.2) is 33.1 Å². The monoisotopic (exact) mass is 327 g/mol. The number of imidazole rings is 1. The minimum Gasteiger partial charge on any atom is -0.469 e. The lowest BCUT2D eigenvalue weighted by Gasteiger charge is -2.11. The highest BCUT2D eigenvalue weighted by atomic mass is 32.2. The van der Waals surface area contributed by atoms with E-state index in [0.717, 1.165) is 12.8 Å². The van der Waals surface area contributed by atoms with Crippen LogP contribution in [0.1, 0.15) is 19.3 Å². The van der Waals surface area contributed by atoms with Gasteiger partial charge in [-0.05, 0) is 23.2 Å². The van der Waals surface area contributed by atoms with E-state index in [1.165, 1.54) is 34.6 Å². The Bertz CT molecular complexity index is 704. The Morgan fingerprint density at radius 1 is 1.67 bits per heavy atom. The van der Waals surface area contributed by atoms with E-state index in [9.17, 15) is 14.9 Å². The molecule has 2 aromatic heterocycles. The number of aromatic nitrogens is 2. The van der Waals surface area contributed by atoms with E-state index in [1.54, 1.807) is 11.6 Å². The third-order valence-corrected chi connectivity index (χ3v) is 5.66. The smallest absolute Gasteiger partial charge is 0.362 e. The number of fused-ring (bicyclic) bond motifs is 1. The topological polar surface area (TPSA) is 86.7 Å². The van der Waals surface area contributed by atoms with E-state index in [4.69, 9.17) is 4.74 Å². The second-order valence-corrected chi connectivity index (χ2v) is 6.93. The molecule has 0 N–H and O–H groups in total. The number of thioether (sulfide) groups is 1. The molecule has 0 radical (unpaired) electrons. The van der Waals surface area contributed by atoms with Gasteiger partial charge in [-0.25, -0.2) is 0 Å². The van der Waals surface area contributed by atoms with Crippen LogP contribution in [0.2, 0.25) is 0 Å². The number of esters is 1. The number of nitrogens with zero attached hydrogens (tertiary/aromatic N) is 3. The Kier molecular flexibility index (Phi) is 3.62. The highest BCUT2D eigenvalue weighted by molar-refractivity contribution is 7.99. The van der Waals surface area contributed by atoms with Gasteiger partial charge in [0.25, 0.3) is 4.96 Å². The number of rotatable bonds is 6. The third-order valence-electron chi connectivity index (χ3n) is 3.60. The SMILES string of the molecule is COC(=O)CC1(CSc2nc3sccn3c2[N+](=O)[O-])CC1. The molecule has 1 fully saturated rings. The van der Waals surface area contributed by atoms with Crippen LogP contribution in [0.25, 0.3) is 4.96 Å². The first-order valence-electron chi connectivity index (χ1n) is 6.34. The maximum Gasteiger partial charge on any atom is 0.362 e.